The van der Waals surface area contributed by atoms with Gasteiger partial charge in [-0.1, -0.05) is 29.8 Å². The topological polar surface area (TPSA) is 68.5 Å². The Labute approximate surface area is 238 Å². The van der Waals surface area contributed by atoms with E-state index in [1.165, 1.54) is 16.8 Å². The quantitative estimate of drug-likeness (QED) is 0.510. The van der Waals surface area contributed by atoms with Crippen molar-refractivity contribution >= 4 is 23.2 Å². The number of benzene rings is 2. The number of anilines is 1. The van der Waals surface area contributed by atoms with Crippen molar-refractivity contribution < 1.29 is 9.53 Å². The number of ether oxygens (including phenoxy) is 1. The summed E-state index contributed by atoms with van der Waals surface area (Å²) in [6.07, 6.45) is 2.01. The summed E-state index contributed by atoms with van der Waals surface area (Å²) < 4.78 is 5.50. The highest BCUT2D eigenvalue weighted by Crippen LogP contribution is 2.28. The first kappa shape index (κ1) is 28.2. The highest BCUT2D eigenvalue weighted by atomic mass is 35.5. The highest BCUT2D eigenvalue weighted by Gasteiger charge is 2.26. The summed E-state index contributed by atoms with van der Waals surface area (Å²) in [7, 11) is 1.72. The molecule has 0 saturated carbocycles. The van der Waals surface area contributed by atoms with Crippen LogP contribution in [-0.4, -0.2) is 117 Å². The zero-order valence-corrected chi connectivity index (χ0v) is 24.0. The lowest BCUT2D eigenvalue weighted by Gasteiger charge is -2.38. The average molecular weight is 555 g/mol. The van der Waals surface area contributed by atoms with Gasteiger partial charge < -0.3 is 25.2 Å². The molecule has 39 heavy (non-hydrogen) atoms. The van der Waals surface area contributed by atoms with E-state index in [0.29, 0.717) is 6.54 Å². The Balaban J connectivity index is 1.03. The molecule has 3 aliphatic heterocycles. The summed E-state index contributed by atoms with van der Waals surface area (Å²) in [5.41, 5.74) is 9.94. The number of hydrogen-bond acceptors (Lipinski definition) is 7. The molecule has 5 rings (SSSR count). The summed E-state index contributed by atoms with van der Waals surface area (Å²) in [4.78, 5) is 24.7. The van der Waals surface area contributed by atoms with E-state index in [1.807, 2.05) is 23.1 Å². The summed E-state index contributed by atoms with van der Waals surface area (Å²) in [6.45, 7) is 11.5. The van der Waals surface area contributed by atoms with Gasteiger partial charge in [0.25, 0.3) is 0 Å². The average Bonchev–Trinajstić information content (AvgIpc) is 3.39. The van der Waals surface area contributed by atoms with Gasteiger partial charge in [-0.2, -0.15) is 0 Å². The third-order valence-electron chi connectivity index (χ3n) is 8.44. The SMILES string of the molecule is COc1ccccc1CN1CCN(C(=O)CN2CCN(CCc3cc(Cl)ccc3N3CC[C@H](N)C3)CC2)CC1. The van der Waals surface area contributed by atoms with Crippen molar-refractivity contribution in [2.45, 2.75) is 25.4 Å². The van der Waals surface area contributed by atoms with Crippen LogP contribution < -0.4 is 15.4 Å². The van der Waals surface area contributed by atoms with Gasteiger partial charge in [-0.3, -0.25) is 14.6 Å². The molecule has 2 aromatic carbocycles. The molecule has 3 aliphatic rings. The minimum absolute atomic E-state index is 0.256. The molecule has 2 aromatic rings. The molecular formula is C30H43ClN6O2. The summed E-state index contributed by atoms with van der Waals surface area (Å²) in [6, 6.07) is 14.7. The molecule has 3 heterocycles. The van der Waals surface area contributed by atoms with Gasteiger partial charge in [0.1, 0.15) is 5.75 Å². The van der Waals surface area contributed by atoms with E-state index in [0.717, 1.165) is 102 Å². The molecule has 212 valence electrons. The van der Waals surface area contributed by atoms with Crippen LogP contribution in [0, 0.1) is 0 Å². The molecule has 8 nitrogen and oxygen atoms in total. The number of carbonyl (C=O) groups excluding carboxylic acids is 1. The Bertz CT molecular complexity index is 1100. The molecule has 9 heteroatoms. The Kier molecular flexibility index (Phi) is 9.63. The van der Waals surface area contributed by atoms with Crippen molar-refractivity contribution in [3.63, 3.8) is 0 Å². The van der Waals surface area contributed by atoms with Crippen molar-refractivity contribution in [1.29, 1.82) is 0 Å². The van der Waals surface area contributed by atoms with Gasteiger partial charge >= 0.3 is 0 Å². The predicted molar refractivity (Wildman–Crippen MR) is 158 cm³/mol. The minimum atomic E-state index is 0.256. The Morgan fingerprint density at radius 3 is 2.36 bits per heavy atom. The van der Waals surface area contributed by atoms with Crippen LogP contribution in [0.2, 0.25) is 5.02 Å². The number of halogens is 1. The van der Waals surface area contributed by atoms with Crippen molar-refractivity contribution in [2.75, 3.05) is 90.5 Å². The number of methoxy groups -OCH3 is 1. The molecule has 0 aliphatic carbocycles. The first-order valence-electron chi connectivity index (χ1n) is 14.3. The largest absolute Gasteiger partial charge is 0.496 e. The maximum absolute atomic E-state index is 13.0. The maximum Gasteiger partial charge on any atom is 0.236 e. The van der Waals surface area contributed by atoms with Crippen LogP contribution in [0.15, 0.2) is 42.5 Å². The van der Waals surface area contributed by atoms with Crippen LogP contribution in [0.4, 0.5) is 5.69 Å². The van der Waals surface area contributed by atoms with E-state index in [1.54, 1.807) is 7.11 Å². The van der Waals surface area contributed by atoms with E-state index in [-0.39, 0.29) is 11.9 Å². The van der Waals surface area contributed by atoms with Crippen molar-refractivity contribution in [1.82, 2.24) is 19.6 Å². The third kappa shape index (κ3) is 7.44. The number of amides is 1. The Morgan fingerprint density at radius 2 is 1.64 bits per heavy atom. The van der Waals surface area contributed by atoms with Crippen molar-refractivity contribution in [3.05, 3.63) is 58.6 Å². The Morgan fingerprint density at radius 1 is 0.923 bits per heavy atom. The van der Waals surface area contributed by atoms with Crippen molar-refractivity contribution in [2.24, 2.45) is 5.73 Å². The standard InChI is InChI=1S/C30H43ClN6O2/c1-39-29-5-3-2-4-25(29)21-34-16-18-36(19-17-34)30(38)23-35-14-12-33(13-15-35)10-8-24-20-26(31)6-7-28(24)37-11-9-27(32)22-37/h2-7,20,27H,8-19,21-23,32H2,1H3/t27-/m0/s1. The second-order valence-corrected chi connectivity index (χ2v) is 11.5. The third-order valence-corrected chi connectivity index (χ3v) is 8.67. The van der Waals surface area contributed by atoms with Crippen LogP contribution >= 0.6 is 11.6 Å². The zero-order chi connectivity index (χ0) is 27.2. The van der Waals surface area contributed by atoms with E-state index in [4.69, 9.17) is 22.1 Å². The lowest BCUT2D eigenvalue weighted by Crippen LogP contribution is -2.53. The van der Waals surface area contributed by atoms with Crippen LogP contribution in [-0.2, 0) is 17.8 Å². The summed E-state index contributed by atoms with van der Waals surface area (Å²) in [5, 5.41) is 0.793. The molecule has 3 fully saturated rings. The van der Waals surface area contributed by atoms with E-state index < -0.39 is 0 Å². The fraction of sp³-hybridized carbons (Fsp3) is 0.567. The second kappa shape index (κ2) is 13.3. The number of piperazine rings is 2. The molecule has 0 spiro atoms. The second-order valence-electron chi connectivity index (χ2n) is 11.1. The number of hydrogen-bond donors (Lipinski definition) is 1. The van der Waals surface area contributed by atoms with E-state index in [9.17, 15) is 4.79 Å². The molecule has 0 radical (unpaired) electrons. The number of nitrogens with zero attached hydrogens (tertiary/aromatic N) is 5. The van der Waals surface area contributed by atoms with Gasteiger partial charge in [-0.25, -0.2) is 0 Å². The molecule has 1 amide bonds. The minimum Gasteiger partial charge on any atom is -0.496 e. The Hall–Kier alpha value is -2.36. The van der Waals surface area contributed by atoms with Crippen LogP contribution in [0.25, 0.3) is 0 Å². The predicted octanol–water partition coefficient (Wildman–Crippen LogP) is 2.39. The van der Waals surface area contributed by atoms with Gasteiger partial charge in [-0.15, -0.1) is 0 Å². The fourth-order valence-corrected chi connectivity index (χ4v) is 6.23. The fourth-order valence-electron chi connectivity index (χ4n) is 6.04. The number of para-hydroxylation sites is 1. The first-order chi connectivity index (χ1) is 19.0. The van der Waals surface area contributed by atoms with Crippen LogP contribution in [0.3, 0.4) is 0 Å². The van der Waals surface area contributed by atoms with Gasteiger partial charge in [0.05, 0.1) is 13.7 Å². The highest BCUT2D eigenvalue weighted by molar-refractivity contribution is 6.30. The van der Waals surface area contributed by atoms with Crippen molar-refractivity contribution in [3.8, 4) is 5.75 Å². The van der Waals surface area contributed by atoms with Crippen LogP contribution in [0.5, 0.6) is 5.75 Å². The lowest BCUT2D eigenvalue weighted by molar-refractivity contribution is -0.134. The molecule has 0 aromatic heterocycles. The normalized spacial score (nSPS) is 21.5. The molecule has 2 N–H and O–H groups in total. The molecule has 3 saturated heterocycles. The molecule has 1 atom stereocenters. The van der Waals surface area contributed by atoms with Crippen LogP contribution in [0.1, 0.15) is 17.5 Å². The molecule has 0 bridgehead atoms. The van der Waals surface area contributed by atoms with Gasteiger partial charge in [0, 0.05) is 101 Å². The smallest absolute Gasteiger partial charge is 0.236 e. The molecular weight excluding hydrogens is 512 g/mol. The van der Waals surface area contributed by atoms with E-state index >= 15 is 0 Å². The summed E-state index contributed by atoms with van der Waals surface area (Å²) >= 11 is 6.35. The maximum atomic E-state index is 13.0. The lowest BCUT2D eigenvalue weighted by atomic mass is 10.1. The number of carbonyl (C=O) groups is 1. The number of nitrogens with two attached hydrogens (primary N) is 1. The van der Waals surface area contributed by atoms with Gasteiger partial charge in [-0.05, 0) is 42.7 Å². The van der Waals surface area contributed by atoms with Gasteiger partial charge in [0.15, 0.2) is 0 Å². The number of rotatable bonds is 9. The van der Waals surface area contributed by atoms with E-state index in [2.05, 4.69) is 43.9 Å². The summed E-state index contributed by atoms with van der Waals surface area (Å²) in [5.74, 6) is 1.19. The van der Waals surface area contributed by atoms with Gasteiger partial charge in [0.2, 0.25) is 5.91 Å². The zero-order valence-electron chi connectivity index (χ0n) is 23.2. The monoisotopic (exact) mass is 554 g/mol. The first-order valence-corrected chi connectivity index (χ1v) is 14.7. The molecule has 0 unspecified atom stereocenters.